The van der Waals surface area contributed by atoms with E-state index in [0.29, 0.717) is 22.0 Å². The van der Waals surface area contributed by atoms with E-state index in [1.165, 1.54) is 6.92 Å². The number of primary amides is 1. The zero-order valence-corrected chi connectivity index (χ0v) is 19.6. The van der Waals surface area contributed by atoms with E-state index in [-0.39, 0.29) is 29.2 Å². The molecule has 9 heteroatoms. The number of hydrogen-bond acceptors (Lipinski definition) is 6. The van der Waals surface area contributed by atoms with E-state index < -0.39 is 40.3 Å². The number of phenols is 1. The van der Waals surface area contributed by atoms with Gasteiger partial charge in [-0.3, -0.25) is 14.4 Å². The number of ketones is 2. The highest BCUT2D eigenvalue weighted by Gasteiger charge is 2.57. The minimum absolute atomic E-state index is 0.0717. The van der Waals surface area contributed by atoms with Gasteiger partial charge in [-0.25, -0.2) is 0 Å². The number of amides is 1. The van der Waals surface area contributed by atoms with Crippen LogP contribution in [0.1, 0.15) is 35.7 Å². The van der Waals surface area contributed by atoms with Crippen LogP contribution in [-0.2, 0) is 16.0 Å². The molecule has 3 atom stereocenters. The SMILES string of the molecule is CC1=C2C(=O)c3c(O)c(I)cc(I)c3C[C@H]2C[C@H]2CC(O)=C(C(N)=O)C(=O)[C@@]12O. The molecule has 5 N–H and O–H groups in total. The molecule has 0 aliphatic heterocycles. The fourth-order valence-electron chi connectivity index (χ4n) is 4.96. The van der Waals surface area contributed by atoms with E-state index in [1.807, 2.05) is 22.6 Å². The number of phenolic OH excluding ortho intramolecular Hbond substituents is 1. The molecule has 0 aromatic heterocycles. The van der Waals surface area contributed by atoms with Crippen molar-refractivity contribution in [1.29, 1.82) is 0 Å². The lowest BCUT2D eigenvalue weighted by Crippen LogP contribution is -2.56. The Labute approximate surface area is 193 Å². The number of carbonyl (C=O) groups is 3. The first kappa shape index (κ1) is 20.8. The van der Waals surface area contributed by atoms with Crippen molar-refractivity contribution >= 4 is 62.7 Å². The topological polar surface area (TPSA) is 138 Å². The van der Waals surface area contributed by atoms with Crippen molar-refractivity contribution in [1.82, 2.24) is 0 Å². The number of benzene rings is 1. The summed E-state index contributed by atoms with van der Waals surface area (Å²) in [6.07, 6.45) is 0.696. The van der Waals surface area contributed by atoms with Crippen LogP contribution in [0.4, 0.5) is 0 Å². The quantitative estimate of drug-likeness (QED) is 0.281. The Morgan fingerprint density at radius 1 is 1.21 bits per heavy atom. The van der Waals surface area contributed by atoms with Crippen molar-refractivity contribution < 1.29 is 29.7 Å². The molecule has 29 heavy (non-hydrogen) atoms. The number of aliphatic hydroxyl groups excluding tert-OH is 1. The lowest BCUT2D eigenvalue weighted by Gasteiger charge is -2.47. The normalized spacial score (nSPS) is 28.8. The standard InChI is InChI=1S/C20H17I2NO6/c1-6-13-7(3-9-10(21)5-11(22)16(25)14(9)17(13)26)2-8-4-12(24)15(19(23)28)18(27)20(6,8)29/h5,7-8,24-25,29H,2-4H2,1H3,(H2,23,28)/t7-,8+,20-/m1/s1. The maximum absolute atomic E-state index is 13.4. The van der Waals surface area contributed by atoms with Crippen molar-refractivity contribution in [2.45, 2.75) is 31.8 Å². The third-order valence-corrected chi connectivity index (χ3v) is 8.11. The van der Waals surface area contributed by atoms with Gasteiger partial charge < -0.3 is 21.1 Å². The Morgan fingerprint density at radius 3 is 2.48 bits per heavy atom. The molecule has 0 heterocycles. The Kier molecular flexibility index (Phi) is 4.85. The third kappa shape index (κ3) is 2.73. The Bertz CT molecular complexity index is 1090. The zero-order chi connectivity index (χ0) is 21.4. The van der Waals surface area contributed by atoms with E-state index >= 15 is 0 Å². The van der Waals surface area contributed by atoms with Gasteiger partial charge >= 0.3 is 0 Å². The summed E-state index contributed by atoms with van der Waals surface area (Å²) in [5.74, 6) is -3.95. The second-order valence-corrected chi connectivity index (χ2v) is 10.1. The molecule has 0 bridgehead atoms. The zero-order valence-electron chi connectivity index (χ0n) is 15.3. The number of fused-ring (bicyclic) bond motifs is 3. The number of nitrogens with two attached hydrogens (primary N) is 1. The summed E-state index contributed by atoms with van der Waals surface area (Å²) in [7, 11) is 0. The second kappa shape index (κ2) is 6.77. The van der Waals surface area contributed by atoms with Gasteiger partial charge in [0.15, 0.2) is 11.4 Å². The smallest absolute Gasteiger partial charge is 0.255 e. The molecular formula is C20H17I2NO6. The maximum atomic E-state index is 13.4. The van der Waals surface area contributed by atoms with Crippen molar-refractivity contribution in [3.63, 3.8) is 0 Å². The number of carbonyl (C=O) groups excluding carboxylic acids is 3. The largest absolute Gasteiger partial charge is 0.511 e. The highest BCUT2D eigenvalue weighted by Crippen LogP contribution is 2.52. The number of aromatic hydroxyl groups is 1. The fourth-order valence-corrected chi connectivity index (χ4v) is 6.94. The second-order valence-electron chi connectivity index (χ2n) is 7.73. The molecule has 0 radical (unpaired) electrons. The van der Waals surface area contributed by atoms with Crippen LogP contribution in [0.5, 0.6) is 5.75 Å². The van der Waals surface area contributed by atoms with Crippen LogP contribution in [-0.4, -0.2) is 38.4 Å². The van der Waals surface area contributed by atoms with Gasteiger partial charge in [0.1, 0.15) is 17.1 Å². The summed E-state index contributed by atoms with van der Waals surface area (Å²) in [5, 5.41) is 32.1. The first-order chi connectivity index (χ1) is 13.5. The minimum Gasteiger partial charge on any atom is -0.511 e. The molecule has 3 aliphatic rings. The highest BCUT2D eigenvalue weighted by molar-refractivity contribution is 14.1. The van der Waals surface area contributed by atoms with E-state index in [9.17, 15) is 29.7 Å². The van der Waals surface area contributed by atoms with Gasteiger partial charge in [-0.15, -0.1) is 0 Å². The van der Waals surface area contributed by atoms with E-state index in [1.54, 1.807) is 6.07 Å². The van der Waals surface area contributed by atoms with Crippen molar-refractivity contribution in [3.8, 4) is 5.75 Å². The van der Waals surface area contributed by atoms with Crippen LogP contribution in [0.15, 0.2) is 28.5 Å². The molecule has 0 fully saturated rings. The molecular weight excluding hydrogens is 604 g/mol. The third-order valence-electron chi connectivity index (χ3n) is 6.32. The molecule has 0 saturated heterocycles. The number of halogens is 2. The van der Waals surface area contributed by atoms with Crippen LogP contribution in [0.25, 0.3) is 0 Å². The predicted molar refractivity (Wildman–Crippen MR) is 119 cm³/mol. The molecule has 3 aliphatic carbocycles. The van der Waals surface area contributed by atoms with Crippen molar-refractivity contribution in [3.05, 3.63) is 46.8 Å². The molecule has 0 spiro atoms. The lowest BCUT2D eigenvalue weighted by molar-refractivity contribution is -0.140. The number of rotatable bonds is 1. The summed E-state index contributed by atoms with van der Waals surface area (Å²) in [6.45, 7) is 1.51. The molecule has 0 unspecified atom stereocenters. The van der Waals surface area contributed by atoms with Gasteiger partial charge in [-0.05, 0) is 88.1 Å². The summed E-state index contributed by atoms with van der Waals surface area (Å²) < 4.78 is 1.41. The first-order valence-corrected chi connectivity index (χ1v) is 11.1. The van der Waals surface area contributed by atoms with Gasteiger partial charge in [0.05, 0.1) is 9.13 Å². The Morgan fingerprint density at radius 2 is 1.86 bits per heavy atom. The summed E-state index contributed by atoms with van der Waals surface area (Å²) >= 11 is 4.09. The van der Waals surface area contributed by atoms with Gasteiger partial charge in [-0.2, -0.15) is 0 Å². The van der Waals surface area contributed by atoms with Crippen LogP contribution >= 0.6 is 45.2 Å². The molecule has 152 valence electrons. The number of aliphatic hydroxyl groups is 2. The summed E-state index contributed by atoms with van der Waals surface area (Å²) in [4.78, 5) is 38.1. The Hall–Kier alpha value is -1.47. The van der Waals surface area contributed by atoms with Crippen LogP contribution < -0.4 is 5.73 Å². The Balaban J connectivity index is 1.94. The molecule has 1 aromatic rings. The van der Waals surface area contributed by atoms with E-state index in [4.69, 9.17) is 5.73 Å². The summed E-state index contributed by atoms with van der Waals surface area (Å²) in [6, 6.07) is 1.81. The fraction of sp³-hybridized carbons (Fsp3) is 0.350. The maximum Gasteiger partial charge on any atom is 0.255 e. The minimum atomic E-state index is -2.08. The molecule has 7 nitrogen and oxygen atoms in total. The van der Waals surface area contributed by atoms with Crippen LogP contribution in [0.3, 0.4) is 0 Å². The lowest BCUT2D eigenvalue weighted by atomic mass is 9.58. The summed E-state index contributed by atoms with van der Waals surface area (Å²) in [5.41, 5.74) is 3.96. The van der Waals surface area contributed by atoms with Gasteiger partial charge in [-0.1, -0.05) is 0 Å². The number of Topliss-reactive ketones (excluding diaryl/α,β-unsaturated/α-hetero) is 2. The molecule has 4 rings (SSSR count). The predicted octanol–water partition coefficient (Wildman–Crippen LogP) is 2.29. The number of hydrogen-bond donors (Lipinski definition) is 4. The first-order valence-electron chi connectivity index (χ1n) is 8.94. The highest BCUT2D eigenvalue weighted by atomic mass is 127. The molecule has 1 amide bonds. The average molecular weight is 621 g/mol. The van der Waals surface area contributed by atoms with E-state index in [0.717, 1.165) is 9.13 Å². The van der Waals surface area contributed by atoms with Crippen LogP contribution in [0, 0.1) is 19.0 Å². The van der Waals surface area contributed by atoms with Gasteiger partial charge in [0.25, 0.3) is 5.91 Å². The van der Waals surface area contributed by atoms with Gasteiger partial charge in [0, 0.05) is 21.5 Å². The average Bonchev–Trinajstić information content (AvgIpc) is 2.62. The number of allylic oxidation sites excluding steroid dienone is 2. The van der Waals surface area contributed by atoms with Crippen LogP contribution in [0.2, 0.25) is 0 Å². The molecule has 1 aromatic carbocycles. The van der Waals surface area contributed by atoms with Gasteiger partial charge in [0.2, 0.25) is 5.78 Å². The van der Waals surface area contributed by atoms with Crippen molar-refractivity contribution in [2.24, 2.45) is 17.6 Å². The van der Waals surface area contributed by atoms with Crippen molar-refractivity contribution in [2.75, 3.05) is 0 Å². The monoisotopic (exact) mass is 621 g/mol. The van der Waals surface area contributed by atoms with E-state index in [2.05, 4.69) is 22.6 Å². The molecule has 0 saturated carbocycles.